The number of aliphatic imine (C=N–C) groups is 1. The van der Waals surface area contributed by atoms with Crippen molar-refractivity contribution < 1.29 is 14.4 Å². The molecule has 7 heteroatoms. The van der Waals surface area contributed by atoms with Gasteiger partial charge in [0, 0.05) is 0 Å². The maximum absolute atomic E-state index is 10.9. The number of carboxylic acid groups (broad SMARTS) is 1. The van der Waals surface area contributed by atoms with Crippen molar-refractivity contribution in [1.29, 1.82) is 0 Å². The van der Waals surface area contributed by atoms with Gasteiger partial charge in [0.1, 0.15) is 6.26 Å². The lowest BCUT2D eigenvalue weighted by Crippen LogP contribution is -2.21. The monoisotopic (exact) mass is 246 g/mol. The van der Waals surface area contributed by atoms with Crippen molar-refractivity contribution in [3.63, 3.8) is 0 Å². The van der Waals surface area contributed by atoms with Crippen LogP contribution < -0.4 is 11.5 Å². The summed E-state index contributed by atoms with van der Waals surface area (Å²) in [5.41, 5.74) is 12.0. The summed E-state index contributed by atoms with van der Waals surface area (Å²) in [5, 5.41) is 12.3. The molecule has 2 aromatic rings. The molecule has 0 bridgehead atoms. The third kappa shape index (κ3) is 2.29. The molecule has 1 heterocycles. The largest absolute Gasteiger partial charge is 0.476 e. The molecule has 0 atom stereocenters. The quantitative estimate of drug-likeness (QED) is 0.546. The Kier molecular flexibility index (Phi) is 2.96. The van der Waals surface area contributed by atoms with Gasteiger partial charge in [0.05, 0.1) is 11.3 Å². The first-order chi connectivity index (χ1) is 8.58. The summed E-state index contributed by atoms with van der Waals surface area (Å²) in [5.74, 6) is -1.19. The SMILES string of the molecule is NC(N)=Nc1ccc(-c2conc2C(=O)O)cc1. The molecule has 18 heavy (non-hydrogen) atoms. The van der Waals surface area contributed by atoms with Crippen LogP contribution in [0.15, 0.2) is 40.0 Å². The molecule has 0 aliphatic heterocycles. The molecule has 0 spiro atoms. The lowest BCUT2D eigenvalue weighted by molar-refractivity contribution is 0.0686. The fraction of sp³-hybridized carbons (Fsp3) is 0. The van der Waals surface area contributed by atoms with Gasteiger partial charge in [-0.1, -0.05) is 17.3 Å². The summed E-state index contributed by atoms with van der Waals surface area (Å²) in [6, 6.07) is 6.68. The molecule has 0 amide bonds. The van der Waals surface area contributed by atoms with E-state index in [1.165, 1.54) is 6.26 Å². The van der Waals surface area contributed by atoms with E-state index in [2.05, 4.69) is 14.7 Å². The highest BCUT2D eigenvalue weighted by molar-refractivity contribution is 5.93. The van der Waals surface area contributed by atoms with Crippen molar-refractivity contribution in [2.24, 2.45) is 16.5 Å². The minimum Gasteiger partial charge on any atom is -0.476 e. The second-order valence-corrected chi connectivity index (χ2v) is 3.47. The summed E-state index contributed by atoms with van der Waals surface area (Å²) < 4.78 is 4.66. The molecular weight excluding hydrogens is 236 g/mol. The van der Waals surface area contributed by atoms with Crippen LogP contribution in [0.1, 0.15) is 10.5 Å². The van der Waals surface area contributed by atoms with Crippen LogP contribution in [0.4, 0.5) is 5.69 Å². The maximum Gasteiger partial charge on any atom is 0.358 e. The highest BCUT2D eigenvalue weighted by atomic mass is 16.5. The Balaban J connectivity index is 2.37. The Morgan fingerprint density at radius 3 is 2.50 bits per heavy atom. The molecule has 7 nitrogen and oxygen atoms in total. The predicted octanol–water partition coefficient (Wildman–Crippen LogP) is 0.945. The second kappa shape index (κ2) is 4.58. The predicted molar refractivity (Wildman–Crippen MR) is 64.4 cm³/mol. The van der Waals surface area contributed by atoms with E-state index in [9.17, 15) is 4.79 Å². The number of aromatic nitrogens is 1. The van der Waals surface area contributed by atoms with E-state index in [-0.39, 0.29) is 11.7 Å². The van der Waals surface area contributed by atoms with Crippen LogP contribution in [-0.2, 0) is 0 Å². The zero-order chi connectivity index (χ0) is 13.1. The first-order valence-electron chi connectivity index (χ1n) is 4.95. The van der Waals surface area contributed by atoms with Crippen molar-refractivity contribution in [2.45, 2.75) is 0 Å². The number of hydrogen-bond donors (Lipinski definition) is 3. The van der Waals surface area contributed by atoms with Crippen LogP contribution in [-0.4, -0.2) is 22.2 Å². The number of hydrogen-bond acceptors (Lipinski definition) is 4. The molecule has 0 fully saturated rings. The maximum atomic E-state index is 10.9. The fourth-order valence-corrected chi connectivity index (χ4v) is 1.46. The van der Waals surface area contributed by atoms with Crippen LogP contribution >= 0.6 is 0 Å². The Labute approximate surface area is 102 Å². The number of nitrogens with zero attached hydrogens (tertiary/aromatic N) is 2. The van der Waals surface area contributed by atoms with Crippen molar-refractivity contribution in [3.05, 3.63) is 36.2 Å². The van der Waals surface area contributed by atoms with E-state index in [1.807, 2.05) is 0 Å². The lowest BCUT2D eigenvalue weighted by Gasteiger charge is -1.99. The van der Waals surface area contributed by atoms with Gasteiger partial charge >= 0.3 is 5.97 Å². The van der Waals surface area contributed by atoms with Crippen molar-refractivity contribution in [2.75, 3.05) is 0 Å². The average molecular weight is 246 g/mol. The highest BCUT2D eigenvalue weighted by Gasteiger charge is 2.16. The lowest BCUT2D eigenvalue weighted by atomic mass is 10.1. The first-order valence-corrected chi connectivity index (χ1v) is 4.95. The van der Waals surface area contributed by atoms with E-state index >= 15 is 0 Å². The van der Waals surface area contributed by atoms with Crippen molar-refractivity contribution >= 4 is 17.6 Å². The van der Waals surface area contributed by atoms with Crippen molar-refractivity contribution in [1.82, 2.24) is 5.16 Å². The highest BCUT2D eigenvalue weighted by Crippen LogP contribution is 2.25. The minimum atomic E-state index is -1.15. The third-order valence-electron chi connectivity index (χ3n) is 2.21. The summed E-state index contributed by atoms with van der Waals surface area (Å²) in [6.07, 6.45) is 1.28. The number of nitrogens with two attached hydrogens (primary N) is 2. The molecule has 0 radical (unpaired) electrons. The molecule has 5 N–H and O–H groups in total. The standard InChI is InChI=1S/C11H10N4O3/c12-11(13)14-7-3-1-6(2-4-7)8-5-18-15-9(8)10(16)17/h1-5H,(H,16,17)(H4,12,13,14). The summed E-state index contributed by atoms with van der Waals surface area (Å²) in [7, 11) is 0. The second-order valence-electron chi connectivity index (χ2n) is 3.47. The molecule has 0 saturated carbocycles. The van der Waals surface area contributed by atoms with Gasteiger partial charge in [-0.25, -0.2) is 9.79 Å². The third-order valence-corrected chi connectivity index (χ3v) is 2.21. The van der Waals surface area contributed by atoms with Gasteiger partial charge in [0.15, 0.2) is 11.7 Å². The molecule has 0 aliphatic rings. The summed E-state index contributed by atoms with van der Waals surface area (Å²) in [4.78, 5) is 14.7. The van der Waals surface area contributed by atoms with Gasteiger partial charge in [-0.2, -0.15) is 0 Å². The molecule has 0 aliphatic carbocycles. The smallest absolute Gasteiger partial charge is 0.358 e. The number of carboxylic acids is 1. The molecule has 2 rings (SSSR count). The number of rotatable bonds is 3. The minimum absolute atomic E-state index is 0.0426. The van der Waals surface area contributed by atoms with Gasteiger partial charge in [0.25, 0.3) is 0 Å². The number of aromatic carboxylic acids is 1. The van der Waals surface area contributed by atoms with Gasteiger partial charge in [-0.15, -0.1) is 0 Å². The Morgan fingerprint density at radius 1 is 1.28 bits per heavy atom. The topological polar surface area (TPSA) is 128 Å². The van der Waals surface area contributed by atoms with Crippen LogP contribution in [0.2, 0.25) is 0 Å². The van der Waals surface area contributed by atoms with Crippen LogP contribution in [0.5, 0.6) is 0 Å². The average Bonchev–Trinajstić information content (AvgIpc) is 2.78. The molecule has 92 valence electrons. The van der Waals surface area contributed by atoms with Crippen LogP contribution in [0.25, 0.3) is 11.1 Å². The van der Waals surface area contributed by atoms with E-state index in [4.69, 9.17) is 16.6 Å². The zero-order valence-electron chi connectivity index (χ0n) is 9.20. The normalized spacial score (nSPS) is 10.0. The zero-order valence-corrected chi connectivity index (χ0v) is 9.20. The Bertz CT molecular complexity index is 597. The molecule has 0 saturated heterocycles. The van der Waals surface area contributed by atoms with Crippen molar-refractivity contribution in [3.8, 4) is 11.1 Å². The summed E-state index contributed by atoms with van der Waals surface area (Å²) >= 11 is 0. The number of benzene rings is 1. The Hall–Kier alpha value is -2.83. The van der Waals surface area contributed by atoms with Crippen LogP contribution in [0.3, 0.4) is 0 Å². The van der Waals surface area contributed by atoms with E-state index in [1.54, 1.807) is 24.3 Å². The van der Waals surface area contributed by atoms with E-state index in [0.29, 0.717) is 16.8 Å². The van der Waals surface area contributed by atoms with Gasteiger partial charge in [-0.05, 0) is 17.7 Å². The Morgan fingerprint density at radius 2 is 1.94 bits per heavy atom. The molecular formula is C11H10N4O3. The van der Waals surface area contributed by atoms with Gasteiger partial charge in [0.2, 0.25) is 0 Å². The summed E-state index contributed by atoms with van der Waals surface area (Å²) in [6.45, 7) is 0. The fourth-order valence-electron chi connectivity index (χ4n) is 1.46. The molecule has 0 unspecified atom stereocenters. The molecule has 1 aromatic carbocycles. The van der Waals surface area contributed by atoms with Gasteiger partial charge in [-0.3, -0.25) is 0 Å². The van der Waals surface area contributed by atoms with Crippen LogP contribution in [0, 0.1) is 0 Å². The van der Waals surface area contributed by atoms with E-state index in [0.717, 1.165) is 0 Å². The first kappa shape index (κ1) is 11.6. The number of guanidine groups is 1. The number of carbonyl (C=O) groups is 1. The van der Waals surface area contributed by atoms with Gasteiger partial charge < -0.3 is 21.1 Å². The van der Waals surface area contributed by atoms with E-state index < -0.39 is 5.97 Å². The molecule has 1 aromatic heterocycles.